The van der Waals surface area contributed by atoms with E-state index in [9.17, 15) is 4.79 Å². The molecule has 0 aliphatic carbocycles. The fraction of sp³-hybridized carbons (Fsp3) is 0.538. The summed E-state index contributed by atoms with van der Waals surface area (Å²) in [5, 5.41) is 0. The van der Waals surface area contributed by atoms with E-state index in [2.05, 4.69) is 4.98 Å². The summed E-state index contributed by atoms with van der Waals surface area (Å²) in [5.74, 6) is 0.415. The van der Waals surface area contributed by atoms with Crippen LogP contribution in [0.15, 0.2) is 18.5 Å². The van der Waals surface area contributed by atoms with E-state index in [1.54, 1.807) is 19.3 Å². The van der Waals surface area contributed by atoms with Crippen molar-refractivity contribution in [3.8, 4) is 5.75 Å². The molecule has 4 nitrogen and oxygen atoms in total. The molecule has 0 unspecified atom stereocenters. The minimum atomic E-state index is -0.712. The Kier molecular flexibility index (Phi) is 4.49. The lowest BCUT2D eigenvalue weighted by atomic mass is 9.86. The molecule has 1 aromatic heterocycles. The standard InChI is InChI=1S/C13H19NO3/c1-5-16-11-7-10(8-14-9-11)13(3,4)12(15)17-6-2/h7-9H,5-6H2,1-4H3. The van der Waals surface area contributed by atoms with Crippen LogP contribution in [0.4, 0.5) is 0 Å². The van der Waals surface area contributed by atoms with E-state index in [-0.39, 0.29) is 5.97 Å². The van der Waals surface area contributed by atoms with Crippen LogP contribution in [0.5, 0.6) is 5.75 Å². The number of esters is 1. The number of pyridine rings is 1. The maximum Gasteiger partial charge on any atom is 0.316 e. The molecular weight excluding hydrogens is 218 g/mol. The molecule has 94 valence electrons. The first kappa shape index (κ1) is 13.5. The Balaban J connectivity index is 2.97. The molecule has 1 rings (SSSR count). The third-order valence-corrected chi connectivity index (χ3v) is 2.53. The monoisotopic (exact) mass is 237 g/mol. The number of carbonyl (C=O) groups is 1. The number of hydrogen-bond acceptors (Lipinski definition) is 4. The van der Waals surface area contributed by atoms with Crippen molar-refractivity contribution in [2.75, 3.05) is 13.2 Å². The predicted molar refractivity (Wildman–Crippen MR) is 65.1 cm³/mol. The summed E-state index contributed by atoms with van der Waals surface area (Å²) in [6.07, 6.45) is 3.30. The minimum Gasteiger partial charge on any atom is -0.492 e. The highest BCUT2D eigenvalue weighted by atomic mass is 16.5. The summed E-state index contributed by atoms with van der Waals surface area (Å²) in [7, 11) is 0. The smallest absolute Gasteiger partial charge is 0.316 e. The zero-order valence-corrected chi connectivity index (χ0v) is 10.8. The zero-order valence-electron chi connectivity index (χ0n) is 10.8. The van der Waals surface area contributed by atoms with Crippen LogP contribution in [0.1, 0.15) is 33.3 Å². The van der Waals surface area contributed by atoms with Crippen molar-refractivity contribution in [1.82, 2.24) is 4.98 Å². The molecule has 0 bridgehead atoms. The van der Waals surface area contributed by atoms with E-state index in [0.717, 1.165) is 5.56 Å². The fourth-order valence-corrected chi connectivity index (χ4v) is 1.44. The summed E-state index contributed by atoms with van der Waals surface area (Å²) in [6, 6.07) is 1.83. The van der Waals surface area contributed by atoms with Gasteiger partial charge in [0.05, 0.1) is 24.8 Å². The molecule has 17 heavy (non-hydrogen) atoms. The third kappa shape index (κ3) is 3.19. The molecule has 0 aromatic carbocycles. The van der Waals surface area contributed by atoms with Gasteiger partial charge in [0.1, 0.15) is 5.75 Å². The number of ether oxygens (including phenoxy) is 2. The normalized spacial score (nSPS) is 11.1. The Hall–Kier alpha value is -1.58. The van der Waals surface area contributed by atoms with Crippen LogP contribution < -0.4 is 4.74 Å². The summed E-state index contributed by atoms with van der Waals surface area (Å²) in [5.41, 5.74) is 0.0812. The van der Waals surface area contributed by atoms with Crippen LogP contribution in [0.2, 0.25) is 0 Å². The summed E-state index contributed by atoms with van der Waals surface area (Å²) in [6.45, 7) is 8.29. The largest absolute Gasteiger partial charge is 0.492 e. The second-order valence-electron chi connectivity index (χ2n) is 4.19. The quantitative estimate of drug-likeness (QED) is 0.737. The van der Waals surface area contributed by atoms with Gasteiger partial charge in [-0.1, -0.05) is 0 Å². The predicted octanol–water partition coefficient (Wildman–Crippen LogP) is 2.32. The number of carbonyl (C=O) groups excluding carboxylic acids is 1. The highest BCUT2D eigenvalue weighted by Crippen LogP contribution is 2.26. The van der Waals surface area contributed by atoms with Crippen molar-refractivity contribution in [3.05, 3.63) is 24.0 Å². The lowest BCUT2D eigenvalue weighted by Gasteiger charge is -2.22. The SMILES string of the molecule is CCOC(=O)C(C)(C)c1cncc(OCC)c1. The van der Waals surface area contributed by atoms with E-state index >= 15 is 0 Å². The van der Waals surface area contributed by atoms with E-state index in [0.29, 0.717) is 19.0 Å². The van der Waals surface area contributed by atoms with Gasteiger partial charge in [-0.05, 0) is 39.3 Å². The lowest BCUT2D eigenvalue weighted by Crippen LogP contribution is -2.31. The van der Waals surface area contributed by atoms with Gasteiger partial charge >= 0.3 is 5.97 Å². The summed E-state index contributed by atoms with van der Waals surface area (Å²) < 4.78 is 10.4. The number of hydrogen-bond donors (Lipinski definition) is 0. The molecule has 1 aromatic rings. The van der Waals surface area contributed by atoms with Crippen molar-refractivity contribution < 1.29 is 14.3 Å². The maximum atomic E-state index is 11.8. The van der Waals surface area contributed by atoms with Gasteiger partial charge in [0, 0.05) is 6.20 Å². The first-order valence-electron chi connectivity index (χ1n) is 5.78. The molecule has 0 amide bonds. The van der Waals surface area contributed by atoms with Gasteiger partial charge in [-0.25, -0.2) is 0 Å². The molecule has 0 saturated heterocycles. The molecule has 0 aliphatic rings. The molecule has 4 heteroatoms. The highest BCUT2D eigenvalue weighted by Gasteiger charge is 2.32. The molecular formula is C13H19NO3. The summed E-state index contributed by atoms with van der Waals surface area (Å²) >= 11 is 0. The first-order chi connectivity index (χ1) is 8.02. The fourth-order valence-electron chi connectivity index (χ4n) is 1.44. The van der Waals surface area contributed by atoms with E-state index < -0.39 is 5.41 Å². The van der Waals surface area contributed by atoms with Gasteiger partial charge < -0.3 is 9.47 Å². The number of aromatic nitrogens is 1. The van der Waals surface area contributed by atoms with Gasteiger partial charge in [-0.3, -0.25) is 9.78 Å². The first-order valence-corrected chi connectivity index (χ1v) is 5.78. The molecule has 0 atom stereocenters. The van der Waals surface area contributed by atoms with Crippen LogP contribution in [0.25, 0.3) is 0 Å². The van der Waals surface area contributed by atoms with E-state index in [4.69, 9.17) is 9.47 Å². The van der Waals surface area contributed by atoms with Crippen molar-refractivity contribution in [2.45, 2.75) is 33.1 Å². The van der Waals surface area contributed by atoms with Crippen molar-refractivity contribution in [1.29, 1.82) is 0 Å². The molecule has 1 heterocycles. The Labute approximate surface area is 102 Å². The topological polar surface area (TPSA) is 48.4 Å². The highest BCUT2D eigenvalue weighted by molar-refractivity contribution is 5.82. The lowest BCUT2D eigenvalue weighted by molar-refractivity contribution is -0.148. The van der Waals surface area contributed by atoms with E-state index in [1.165, 1.54) is 0 Å². The second kappa shape index (κ2) is 5.66. The Morgan fingerprint density at radius 3 is 2.59 bits per heavy atom. The zero-order chi connectivity index (χ0) is 12.9. The Bertz CT molecular complexity index is 388. The van der Waals surface area contributed by atoms with Gasteiger partial charge in [0.25, 0.3) is 0 Å². The maximum absolute atomic E-state index is 11.8. The number of rotatable bonds is 5. The Morgan fingerprint density at radius 2 is 2.00 bits per heavy atom. The van der Waals surface area contributed by atoms with Crippen LogP contribution in [0, 0.1) is 0 Å². The average molecular weight is 237 g/mol. The molecule has 0 saturated carbocycles. The average Bonchev–Trinajstić information content (AvgIpc) is 2.30. The minimum absolute atomic E-state index is 0.254. The molecule has 0 radical (unpaired) electrons. The van der Waals surface area contributed by atoms with Gasteiger partial charge in [0.15, 0.2) is 0 Å². The van der Waals surface area contributed by atoms with Crippen LogP contribution in [-0.2, 0) is 14.9 Å². The van der Waals surface area contributed by atoms with Gasteiger partial charge in [-0.2, -0.15) is 0 Å². The van der Waals surface area contributed by atoms with Crippen molar-refractivity contribution in [3.63, 3.8) is 0 Å². The molecule has 0 fully saturated rings. The Morgan fingerprint density at radius 1 is 1.29 bits per heavy atom. The molecule has 0 N–H and O–H groups in total. The van der Waals surface area contributed by atoms with Gasteiger partial charge in [-0.15, -0.1) is 0 Å². The number of nitrogens with zero attached hydrogens (tertiary/aromatic N) is 1. The van der Waals surface area contributed by atoms with Crippen molar-refractivity contribution in [2.24, 2.45) is 0 Å². The van der Waals surface area contributed by atoms with Crippen LogP contribution in [-0.4, -0.2) is 24.2 Å². The molecule has 0 spiro atoms. The molecule has 0 aliphatic heterocycles. The van der Waals surface area contributed by atoms with Gasteiger partial charge in [0.2, 0.25) is 0 Å². The van der Waals surface area contributed by atoms with Crippen LogP contribution in [0.3, 0.4) is 0 Å². The summed E-state index contributed by atoms with van der Waals surface area (Å²) in [4.78, 5) is 15.9. The van der Waals surface area contributed by atoms with Crippen LogP contribution >= 0.6 is 0 Å². The van der Waals surface area contributed by atoms with Crippen molar-refractivity contribution >= 4 is 5.97 Å². The van der Waals surface area contributed by atoms with E-state index in [1.807, 2.05) is 26.8 Å². The second-order valence-corrected chi connectivity index (χ2v) is 4.19. The third-order valence-electron chi connectivity index (χ3n) is 2.53.